The van der Waals surface area contributed by atoms with Crippen LogP contribution in [-0.4, -0.2) is 24.0 Å². The van der Waals surface area contributed by atoms with Crippen molar-refractivity contribution >= 4 is 34.3 Å². The summed E-state index contributed by atoms with van der Waals surface area (Å²) in [6.45, 7) is 2.90. The Hall–Kier alpha value is -1.75. The quantitative estimate of drug-likeness (QED) is 0.849. The van der Waals surface area contributed by atoms with Crippen molar-refractivity contribution in [3.8, 4) is 0 Å². The van der Waals surface area contributed by atoms with Crippen molar-refractivity contribution in [2.75, 3.05) is 18.4 Å². The van der Waals surface area contributed by atoms with Gasteiger partial charge in [0.2, 0.25) is 5.91 Å². The van der Waals surface area contributed by atoms with Crippen LogP contribution >= 0.6 is 11.8 Å². The van der Waals surface area contributed by atoms with Gasteiger partial charge < -0.3 is 10.6 Å². The zero-order valence-electron chi connectivity index (χ0n) is 11.4. The van der Waals surface area contributed by atoms with Crippen molar-refractivity contribution in [3.05, 3.63) is 35.5 Å². The Kier molecular flexibility index (Phi) is 3.78. The van der Waals surface area contributed by atoms with E-state index in [1.807, 2.05) is 23.9 Å². The van der Waals surface area contributed by atoms with Crippen LogP contribution in [0.15, 0.2) is 24.3 Å². The van der Waals surface area contributed by atoms with Gasteiger partial charge in [-0.25, -0.2) is 0 Å². The standard InChI is InChI=1S/C15H17N3OS/c1-10(19)16-6-7-17-15-11-4-2-3-5-13(11)18-14-9-20-8-12(14)15/h2-5H,6-9H2,1H3,(H,16,19)(H,17,18). The highest BCUT2D eigenvalue weighted by Crippen LogP contribution is 2.37. The Bertz CT molecular complexity index is 657. The van der Waals surface area contributed by atoms with Crippen LogP contribution in [0.5, 0.6) is 0 Å². The molecular weight excluding hydrogens is 270 g/mol. The van der Waals surface area contributed by atoms with E-state index in [-0.39, 0.29) is 5.91 Å². The Labute approximate surface area is 122 Å². The SMILES string of the molecule is CC(=O)NCCNc1c2c(nc3ccccc13)CSC2. The maximum absolute atomic E-state index is 10.9. The number of carbonyl (C=O) groups excluding carboxylic acids is 1. The first kappa shape index (κ1) is 13.2. The van der Waals surface area contributed by atoms with Crippen LogP contribution < -0.4 is 10.6 Å². The second-order valence-corrected chi connectivity index (χ2v) is 5.82. The maximum atomic E-state index is 10.9. The first-order valence-electron chi connectivity index (χ1n) is 6.72. The van der Waals surface area contributed by atoms with E-state index in [1.165, 1.54) is 23.9 Å². The molecule has 0 atom stereocenters. The monoisotopic (exact) mass is 287 g/mol. The highest BCUT2D eigenvalue weighted by atomic mass is 32.2. The molecule has 0 unspecified atom stereocenters. The molecule has 104 valence electrons. The fraction of sp³-hybridized carbons (Fsp3) is 0.333. The third-order valence-electron chi connectivity index (χ3n) is 3.36. The van der Waals surface area contributed by atoms with Crippen LogP contribution in [0.2, 0.25) is 0 Å². The molecule has 0 saturated heterocycles. The summed E-state index contributed by atoms with van der Waals surface area (Å²) in [7, 11) is 0. The molecule has 0 spiro atoms. The van der Waals surface area contributed by atoms with Crippen LogP contribution in [0, 0.1) is 0 Å². The average Bonchev–Trinajstić information content (AvgIpc) is 2.90. The number of rotatable bonds is 4. The van der Waals surface area contributed by atoms with Gasteiger partial charge in [-0.3, -0.25) is 9.78 Å². The van der Waals surface area contributed by atoms with Crippen LogP contribution in [-0.2, 0) is 16.3 Å². The normalized spacial score (nSPS) is 13.2. The fourth-order valence-corrected chi connectivity index (χ4v) is 3.50. The number of fused-ring (bicyclic) bond motifs is 2. The highest BCUT2D eigenvalue weighted by Gasteiger charge is 2.19. The summed E-state index contributed by atoms with van der Waals surface area (Å²) in [5.41, 5.74) is 4.73. The van der Waals surface area contributed by atoms with Gasteiger partial charge in [0.15, 0.2) is 0 Å². The van der Waals surface area contributed by atoms with E-state index in [0.717, 1.165) is 29.0 Å². The molecule has 1 aliphatic heterocycles. The van der Waals surface area contributed by atoms with E-state index in [2.05, 4.69) is 22.8 Å². The number of aromatic nitrogens is 1. The van der Waals surface area contributed by atoms with Crippen LogP contribution in [0.1, 0.15) is 18.2 Å². The molecule has 20 heavy (non-hydrogen) atoms. The molecule has 4 nitrogen and oxygen atoms in total. The van der Waals surface area contributed by atoms with Crippen molar-refractivity contribution in [2.24, 2.45) is 0 Å². The van der Waals surface area contributed by atoms with Crippen LogP contribution in [0.25, 0.3) is 10.9 Å². The molecule has 0 saturated carbocycles. The molecule has 1 aliphatic rings. The predicted octanol–water partition coefficient (Wildman–Crippen LogP) is 2.53. The van der Waals surface area contributed by atoms with Gasteiger partial charge >= 0.3 is 0 Å². The number of pyridine rings is 1. The Morgan fingerprint density at radius 2 is 2.15 bits per heavy atom. The number of hydrogen-bond acceptors (Lipinski definition) is 4. The molecule has 1 aromatic carbocycles. The molecule has 0 aliphatic carbocycles. The molecule has 2 heterocycles. The van der Waals surface area contributed by atoms with Gasteiger partial charge in [0.1, 0.15) is 0 Å². The minimum Gasteiger partial charge on any atom is -0.382 e. The van der Waals surface area contributed by atoms with Gasteiger partial charge in [0.05, 0.1) is 11.2 Å². The first-order chi connectivity index (χ1) is 9.75. The van der Waals surface area contributed by atoms with Crippen molar-refractivity contribution in [1.82, 2.24) is 10.3 Å². The van der Waals surface area contributed by atoms with Gasteiger partial charge in [0, 0.05) is 48.2 Å². The van der Waals surface area contributed by atoms with Crippen LogP contribution in [0.4, 0.5) is 5.69 Å². The topological polar surface area (TPSA) is 54.0 Å². The number of nitrogens with one attached hydrogen (secondary N) is 2. The molecule has 3 rings (SSSR count). The number of anilines is 1. The second-order valence-electron chi connectivity index (χ2n) is 4.83. The molecule has 2 aromatic rings. The van der Waals surface area contributed by atoms with Crippen molar-refractivity contribution < 1.29 is 4.79 Å². The lowest BCUT2D eigenvalue weighted by atomic mass is 10.1. The summed E-state index contributed by atoms with van der Waals surface area (Å²) in [6, 6.07) is 8.21. The van der Waals surface area contributed by atoms with E-state index in [4.69, 9.17) is 4.98 Å². The summed E-state index contributed by atoms with van der Waals surface area (Å²) < 4.78 is 0. The molecule has 0 bridgehead atoms. The van der Waals surface area contributed by atoms with Gasteiger partial charge in [0.25, 0.3) is 0 Å². The number of nitrogens with zero attached hydrogens (tertiary/aromatic N) is 1. The minimum atomic E-state index is 0.00664. The lowest BCUT2D eigenvalue weighted by molar-refractivity contribution is -0.118. The van der Waals surface area contributed by atoms with Gasteiger partial charge in [-0.15, -0.1) is 0 Å². The van der Waals surface area contributed by atoms with Gasteiger partial charge in [-0.05, 0) is 6.07 Å². The summed E-state index contributed by atoms with van der Waals surface area (Å²) in [5.74, 6) is 2.00. The van der Waals surface area contributed by atoms with E-state index >= 15 is 0 Å². The molecular formula is C15H17N3OS. The number of benzene rings is 1. The van der Waals surface area contributed by atoms with Gasteiger partial charge in [-0.1, -0.05) is 18.2 Å². The summed E-state index contributed by atoms with van der Waals surface area (Å²) in [6.07, 6.45) is 0. The maximum Gasteiger partial charge on any atom is 0.216 e. The second kappa shape index (κ2) is 5.71. The van der Waals surface area contributed by atoms with Crippen LogP contribution in [0.3, 0.4) is 0 Å². The average molecular weight is 287 g/mol. The predicted molar refractivity (Wildman–Crippen MR) is 83.9 cm³/mol. The minimum absolute atomic E-state index is 0.00664. The molecule has 0 fully saturated rings. The molecule has 5 heteroatoms. The van der Waals surface area contributed by atoms with Crippen molar-refractivity contribution in [2.45, 2.75) is 18.4 Å². The summed E-state index contributed by atoms with van der Waals surface area (Å²) >= 11 is 1.90. The summed E-state index contributed by atoms with van der Waals surface area (Å²) in [4.78, 5) is 15.6. The van der Waals surface area contributed by atoms with E-state index < -0.39 is 0 Å². The zero-order chi connectivity index (χ0) is 13.9. The van der Waals surface area contributed by atoms with Crippen molar-refractivity contribution in [1.29, 1.82) is 0 Å². The van der Waals surface area contributed by atoms with E-state index in [0.29, 0.717) is 6.54 Å². The lowest BCUT2D eigenvalue weighted by Gasteiger charge is -2.14. The number of amides is 1. The van der Waals surface area contributed by atoms with E-state index in [1.54, 1.807) is 0 Å². The number of carbonyl (C=O) groups is 1. The third-order valence-corrected chi connectivity index (χ3v) is 4.34. The Morgan fingerprint density at radius 1 is 1.30 bits per heavy atom. The molecule has 0 radical (unpaired) electrons. The lowest BCUT2D eigenvalue weighted by Crippen LogP contribution is -2.26. The number of thioether (sulfide) groups is 1. The Morgan fingerprint density at radius 3 is 3.00 bits per heavy atom. The van der Waals surface area contributed by atoms with E-state index in [9.17, 15) is 4.79 Å². The highest BCUT2D eigenvalue weighted by molar-refractivity contribution is 7.98. The third kappa shape index (κ3) is 2.58. The number of para-hydroxylation sites is 1. The molecule has 1 aromatic heterocycles. The Balaban J connectivity index is 1.90. The zero-order valence-corrected chi connectivity index (χ0v) is 12.2. The first-order valence-corrected chi connectivity index (χ1v) is 7.87. The van der Waals surface area contributed by atoms with Crippen molar-refractivity contribution in [3.63, 3.8) is 0 Å². The largest absolute Gasteiger partial charge is 0.382 e. The fourth-order valence-electron chi connectivity index (χ4n) is 2.45. The molecule has 1 amide bonds. The molecule has 2 N–H and O–H groups in total. The summed E-state index contributed by atoms with van der Waals surface area (Å²) in [5, 5.41) is 7.45. The van der Waals surface area contributed by atoms with Gasteiger partial charge in [-0.2, -0.15) is 11.8 Å². The smallest absolute Gasteiger partial charge is 0.216 e. The number of hydrogen-bond donors (Lipinski definition) is 2.